The number of ether oxygens (including phenoxy) is 6. The number of nitriles is 2. The zero-order valence-corrected chi connectivity index (χ0v) is 30.1. The van der Waals surface area contributed by atoms with Crippen LogP contribution in [0.4, 0.5) is 0 Å². The van der Waals surface area contributed by atoms with Crippen molar-refractivity contribution in [3.05, 3.63) is 58.7 Å². The smallest absolute Gasteiger partial charge is 0.223 e. The molecule has 4 heterocycles. The number of nitrogens with zero attached hydrogens (tertiary/aromatic N) is 4. The van der Waals surface area contributed by atoms with E-state index in [1.54, 1.807) is 46.2 Å². The van der Waals surface area contributed by atoms with Crippen LogP contribution < -0.4 is 14.4 Å². The molecule has 0 unspecified atom stereocenters. The minimum absolute atomic E-state index is 0.0402. The van der Waals surface area contributed by atoms with Crippen molar-refractivity contribution in [2.24, 2.45) is 0 Å². The maximum Gasteiger partial charge on any atom is 0.223 e. The number of amides is 2. The van der Waals surface area contributed by atoms with Crippen molar-refractivity contribution in [3.63, 3.8) is 0 Å². The Bertz CT molecular complexity index is 1680. The summed E-state index contributed by atoms with van der Waals surface area (Å²) in [5.41, 5.74) is 0.270. The number of hydrogen-bond acceptors (Lipinski definition) is 12. The van der Waals surface area contributed by atoms with Gasteiger partial charge < -0.3 is 47.7 Å². The molecule has 14 nitrogen and oxygen atoms in total. The molecule has 0 N–H and O–H groups in total. The van der Waals surface area contributed by atoms with Gasteiger partial charge in [0.1, 0.15) is 48.5 Å². The van der Waals surface area contributed by atoms with Crippen molar-refractivity contribution in [1.82, 2.24) is 9.80 Å². The summed E-state index contributed by atoms with van der Waals surface area (Å²) >= 11 is 0. The largest absolute Gasteiger partial charge is 0.796 e. The fraction of sp³-hybridized carbons (Fsp3) is 0.556. The molecule has 0 bridgehead atoms. The molecule has 2 amide bonds. The molecule has 272 valence electrons. The Hall–Kier alpha value is -4.01. The van der Waals surface area contributed by atoms with Crippen LogP contribution in [0.5, 0.6) is 11.5 Å². The number of likely N-dealkylation sites (tertiary alicyclic amines) is 2. The van der Waals surface area contributed by atoms with Crippen molar-refractivity contribution in [2.45, 2.75) is 88.9 Å². The van der Waals surface area contributed by atoms with Crippen LogP contribution in [0.25, 0.3) is 0 Å². The second-order valence-corrected chi connectivity index (χ2v) is 16.4. The average Bonchev–Trinajstić information content (AvgIpc) is 3.71. The Morgan fingerprint density at radius 3 is 1.55 bits per heavy atom. The topological polar surface area (TPSA) is 184 Å². The van der Waals surface area contributed by atoms with Crippen molar-refractivity contribution in [1.29, 1.82) is 10.5 Å². The van der Waals surface area contributed by atoms with Gasteiger partial charge in [-0.3, -0.25) is 9.59 Å². The normalized spacial score (nSPS) is 25.0. The summed E-state index contributed by atoms with van der Waals surface area (Å²) in [5.74, 6) is 1.01. The van der Waals surface area contributed by atoms with Crippen LogP contribution in [-0.4, -0.2) is 84.4 Å². The fourth-order valence-electron chi connectivity index (χ4n) is 7.46. The van der Waals surface area contributed by atoms with Crippen LogP contribution in [-0.2, 0) is 33.1 Å². The highest BCUT2D eigenvalue weighted by Crippen LogP contribution is 2.48. The molecular weight excluding hydrogens is 679 g/mol. The summed E-state index contributed by atoms with van der Waals surface area (Å²) in [6.07, 6.45) is -0.662. The summed E-state index contributed by atoms with van der Waals surface area (Å²) in [6, 6.07) is 13.2. The lowest BCUT2D eigenvalue weighted by Gasteiger charge is -2.47. The van der Waals surface area contributed by atoms with Crippen LogP contribution in [0.2, 0.25) is 0 Å². The van der Waals surface area contributed by atoms with Crippen molar-refractivity contribution < 1.29 is 47.5 Å². The predicted molar refractivity (Wildman–Crippen MR) is 178 cm³/mol. The molecule has 2 fully saturated rings. The predicted octanol–water partition coefficient (Wildman–Crippen LogP) is 4.07. The Labute approximate surface area is 297 Å². The molecule has 0 aliphatic carbocycles. The van der Waals surface area contributed by atoms with E-state index in [0.29, 0.717) is 72.5 Å². The summed E-state index contributed by atoms with van der Waals surface area (Å²) in [7, 11) is -4.23. The molecule has 6 rings (SSSR count). The van der Waals surface area contributed by atoms with Crippen LogP contribution >= 0.6 is 7.37 Å². The monoisotopic (exact) mass is 721 g/mol. The maximum absolute atomic E-state index is 12.9. The van der Waals surface area contributed by atoms with E-state index in [1.807, 2.05) is 27.7 Å². The third-order valence-electron chi connectivity index (χ3n) is 9.73. The first-order chi connectivity index (χ1) is 24.2. The van der Waals surface area contributed by atoms with E-state index in [-0.39, 0.29) is 11.8 Å². The molecule has 4 aliphatic rings. The summed E-state index contributed by atoms with van der Waals surface area (Å²) < 4.78 is 48.6. The van der Waals surface area contributed by atoms with Crippen molar-refractivity contribution in [2.75, 3.05) is 39.4 Å². The number of hydrogen-bond donors (Lipinski definition) is 0. The van der Waals surface area contributed by atoms with Gasteiger partial charge in [0.2, 0.25) is 11.8 Å². The Morgan fingerprint density at radius 1 is 0.784 bits per heavy atom. The molecular formula is C36H42N4O10P-. The van der Waals surface area contributed by atoms with Crippen LogP contribution in [0.3, 0.4) is 0 Å². The van der Waals surface area contributed by atoms with Crippen molar-refractivity contribution in [3.8, 4) is 23.6 Å². The molecule has 51 heavy (non-hydrogen) atoms. The zero-order valence-electron chi connectivity index (χ0n) is 29.2. The van der Waals surface area contributed by atoms with E-state index in [2.05, 4.69) is 12.1 Å². The minimum atomic E-state index is -4.23. The number of carbonyl (C=O) groups excluding carboxylic acids is 2. The summed E-state index contributed by atoms with van der Waals surface area (Å²) in [4.78, 5) is 42.2. The quantitative estimate of drug-likeness (QED) is 0.174. The Balaban J connectivity index is 1.07. The van der Waals surface area contributed by atoms with Gasteiger partial charge in [0.15, 0.2) is 0 Å². The van der Waals surface area contributed by atoms with Crippen LogP contribution in [0.1, 0.15) is 87.7 Å². The van der Waals surface area contributed by atoms with Gasteiger partial charge in [-0.25, -0.2) is 0 Å². The molecule has 2 aromatic rings. The highest BCUT2D eigenvalue weighted by atomic mass is 31.2. The van der Waals surface area contributed by atoms with Gasteiger partial charge in [0, 0.05) is 37.1 Å². The average molecular weight is 722 g/mol. The lowest BCUT2D eigenvalue weighted by molar-refractivity contribution is -0.204. The third kappa shape index (κ3) is 7.63. The number of rotatable bonds is 12. The van der Waals surface area contributed by atoms with Gasteiger partial charge in [-0.2, -0.15) is 10.5 Å². The Morgan fingerprint density at radius 2 is 1.20 bits per heavy atom. The van der Waals surface area contributed by atoms with Crippen LogP contribution in [0, 0.1) is 22.7 Å². The highest BCUT2D eigenvalue weighted by molar-refractivity contribution is 7.56. The first-order valence-corrected chi connectivity index (χ1v) is 19.0. The standard InChI is InChI=1S/C36H43N4O10P/c1-35(2)33(31(39-13-5-7-29(39)41)25-15-23(17-37)9-11-27(25)49-35)47-19-45-21-51(43,44)22-46-20-48-34-32(40-14-6-8-30(40)42)26-16-24(18-38)10-12-28(26)50-36(34,3)4/h9-12,15-16,31-34H,5-8,13-14,19-22H2,1-4H3,(H,43,44)/p-1/t31-,32-,33+,34+/m1/s1. The van der Waals surface area contributed by atoms with E-state index in [0.717, 1.165) is 0 Å². The molecule has 0 aromatic heterocycles. The molecule has 2 saturated heterocycles. The lowest BCUT2D eigenvalue weighted by Crippen LogP contribution is -2.55. The second-order valence-electron chi connectivity index (χ2n) is 14.3. The lowest BCUT2D eigenvalue weighted by atomic mass is 9.85. The molecule has 0 radical (unpaired) electrons. The first kappa shape index (κ1) is 36.8. The zero-order chi connectivity index (χ0) is 36.6. The molecule has 4 atom stereocenters. The van der Waals surface area contributed by atoms with Gasteiger partial charge in [-0.1, -0.05) is 0 Å². The van der Waals surface area contributed by atoms with E-state index in [9.17, 15) is 29.6 Å². The first-order valence-electron chi connectivity index (χ1n) is 17.0. The highest BCUT2D eigenvalue weighted by Gasteiger charge is 2.51. The minimum Gasteiger partial charge on any atom is -0.796 e. The van der Waals surface area contributed by atoms with Gasteiger partial charge in [0.05, 0.1) is 55.4 Å². The fourth-order valence-corrected chi connectivity index (χ4v) is 8.24. The summed E-state index contributed by atoms with van der Waals surface area (Å²) in [5, 5.41) is 19.0. The van der Waals surface area contributed by atoms with Gasteiger partial charge in [-0.15, -0.1) is 0 Å². The van der Waals surface area contributed by atoms with Gasteiger partial charge in [-0.05, 0) is 76.9 Å². The molecule has 2 aromatic carbocycles. The van der Waals surface area contributed by atoms with E-state index in [4.69, 9.17) is 28.4 Å². The molecule has 0 saturated carbocycles. The number of benzene rings is 2. The van der Waals surface area contributed by atoms with Gasteiger partial charge in [0.25, 0.3) is 0 Å². The van der Waals surface area contributed by atoms with E-state index >= 15 is 0 Å². The third-order valence-corrected chi connectivity index (χ3v) is 10.9. The SMILES string of the molecule is CC1(C)Oc2ccc(C#N)cc2[C@@H](N2CCCC2=O)[C@@H]1OCOCP(=O)([O-])COCO[C@H]1[C@H](N2CCCC2=O)c2cc(C#N)ccc2OC1(C)C. The molecule has 0 spiro atoms. The van der Waals surface area contributed by atoms with Crippen molar-refractivity contribution >= 4 is 19.2 Å². The van der Waals surface area contributed by atoms with Crippen LogP contribution in [0.15, 0.2) is 36.4 Å². The molecule has 15 heteroatoms. The van der Waals surface area contributed by atoms with E-state index < -0.39 is 69.1 Å². The maximum atomic E-state index is 12.9. The summed E-state index contributed by atoms with van der Waals surface area (Å²) in [6.45, 7) is 7.50. The van der Waals surface area contributed by atoms with E-state index in [1.165, 1.54) is 0 Å². The number of fused-ring (bicyclic) bond motifs is 2. The van der Waals surface area contributed by atoms with Gasteiger partial charge >= 0.3 is 0 Å². The molecule has 4 aliphatic heterocycles. The second kappa shape index (κ2) is 14.5. The number of carbonyl (C=O) groups is 2. The Kier molecular flexibility index (Phi) is 10.5.